The predicted molar refractivity (Wildman–Crippen MR) is 95.0 cm³/mol. The molecule has 5 nitrogen and oxygen atoms in total. The monoisotopic (exact) mass is 334 g/mol. The van der Waals surface area contributed by atoms with E-state index < -0.39 is 0 Å². The van der Waals surface area contributed by atoms with E-state index in [1.165, 1.54) is 0 Å². The van der Waals surface area contributed by atoms with Crippen LogP contribution in [-0.4, -0.2) is 39.2 Å². The normalized spacial score (nSPS) is 20.4. The molecule has 126 valence electrons. The minimum atomic E-state index is 0.0153. The fraction of sp³-hybridized carbons (Fsp3) is 0.647. The van der Waals surface area contributed by atoms with Crippen molar-refractivity contribution >= 4 is 27.5 Å². The highest BCUT2D eigenvalue weighted by Crippen LogP contribution is 2.33. The number of rotatable bonds is 3. The van der Waals surface area contributed by atoms with Crippen LogP contribution >= 0.6 is 11.3 Å². The Balaban J connectivity index is 1.96. The quantitative estimate of drug-likeness (QED) is 0.938. The number of aromatic nitrogens is 2. The number of likely N-dealkylation sites (tertiary alicyclic amines) is 1. The second-order valence-corrected chi connectivity index (χ2v) is 7.94. The van der Waals surface area contributed by atoms with Crippen molar-refractivity contribution in [1.82, 2.24) is 14.7 Å². The van der Waals surface area contributed by atoms with Gasteiger partial charge in [-0.1, -0.05) is 13.8 Å². The average molecular weight is 334 g/mol. The number of nitrogens with two attached hydrogens (primary N) is 1. The second kappa shape index (κ2) is 6.24. The molecule has 0 radical (unpaired) electrons. The highest BCUT2D eigenvalue weighted by molar-refractivity contribution is 7.20. The first-order chi connectivity index (χ1) is 10.9. The van der Waals surface area contributed by atoms with E-state index in [1.807, 2.05) is 29.6 Å². The summed E-state index contributed by atoms with van der Waals surface area (Å²) in [6.07, 6.45) is 3.23. The van der Waals surface area contributed by atoms with Crippen LogP contribution in [0.15, 0.2) is 6.07 Å². The molecule has 1 aliphatic rings. The molecule has 2 aromatic heterocycles. The summed E-state index contributed by atoms with van der Waals surface area (Å²) in [4.78, 5) is 16.9. The maximum absolute atomic E-state index is 13.0. The maximum Gasteiger partial charge on any atom is 0.264 e. The van der Waals surface area contributed by atoms with E-state index in [0.717, 1.165) is 46.6 Å². The summed E-state index contributed by atoms with van der Waals surface area (Å²) in [6.45, 7) is 7.09. The smallest absolute Gasteiger partial charge is 0.264 e. The topological polar surface area (TPSA) is 64.2 Å². The number of fused-ring (bicyclic) bond motifs is 1. The summed E-state index contributed by atoms with van der Waals surface area (Å²) in [7, 11) is 1.95. The van der Waals surface area contributed by atoms with Gasteiger partial charge in [-0.2, -0.15) is 5.10 Å². The van der Waals surface area contributed by atoms with Crippen molar-refractivity contribution in [3.05, 3.63) is 16.6 Å². The van der Waals surface area contributed by atoms with Gasteiger partial charge in [-0.25, -0.2) is 0 Å². The van der Waals surface area contributed by atoms with Crippen molar-refractivity contribution in [3.63, 3.8) is 0 Å². The van der Waals surface area contributed by atoms with Crippen molar-refractivity contribution in [2.45, 2.75) is 58.0 Å². The molecule has 1 aliphatic heterocycles. The van der Waals surface area contributed by atoms with Crippen molar-refractivity contribution in [2.24, 2.45) is 12.8 Å². The Bertz CT molecular complexity index is 716. The van der Waals surface area contributed by atoms with Gasteiger partial charge < -0.3 is 10.6 Å². The summed E-state index contributed by atoms with van der Waals surface area (Å²) in [5.74, 6) is 0.478. The molecule has 2 N–H and O–H groups in total. The van der Waals surface area contributed by atoms with Crippen molar-refractivity contribution in [2.75, 3.05) is 6.54 Å². The fourth-order valence-electron chi connectivity index (χ4n) is 3.50. The van der Waals surface area contributed by atoms with Gasteiger partial charge in [-0.3, -0.25) is 9.48 Å². The van der Waals surface area contributed by atoms with E-state index in [4.69, 9.17) is 5.73 Å². The molecule has 0 aromatic carbocycles. The van der Waals surface area contributed by atoms with E-state index in [2.05, 4.69) is 18.9 Å². The Hall–Kier alpha value is -1.40. The molecule has 23 heavy (non-hydrogen) atoms. The van der Waals surface area contributed by atoms with Crippen LogP contribution in [0.2, 0.25) is 0 Å². The summed E-state index contributed by atoms with van der Waals surface area (Å²) < 4.78 is 1.89. The summed E-state index contributed by atoms with van der Waals surface area (Å²) in [5.41, 5.74) is 7.18. The highest BCUT2D eigenvalue weighted by atomic mass is 32.1. The molecule has 0 aliphatic carbocycles. The molecule has 0 bridgehead atoms. The van der Waals surface area contributed by atoms with Crippen LogP contribution < -0.4 is 5.73 Å². The molecule has 1 fully saturated rings. The first kappa shape index (κ1) is 16.5. The Morgan fingerprint density at radius 1 is 1.39 bits per heavy atom. The van der Waals surface area contributed by atoms with Gasteiger partial charge in [0.15, 0.2) is 0 Å². The van der Waals surface area contributed by atoms with Gasteiger partial charge in [0.25, 0.3) is 5.91 Å². The number of nitrogens with zero attached hydrogens (tertiary/aromatic N) is 3. The molecule has 3 heterocycles. The van der Waals surface area contributed by atoms with Gasteiger partial charge in [0.1, 0.15) is 4.83 Å². The summed E-state index contributed by atoms with van der Waals surface area (Å²) in [5, 5.41) is 5.70. The number of piperidine rings is 1. The van der Waals surface area contributed by atoms with Crippen molar-refractivity contribution < 1.29 is 4.79 Å². The van der Waals surface area contributed by atoms with Crippen LogP contribution in [0.1, 0.15) is 61.3 Å². The SMILES string of the molecule is CC(C)c1nn(C)c2sc(C(=O)N3CCCCC3C(C)N)cc12. The molecule has 2 unspecified atom stereocenters. The number of carbonyl (C=O) groups excluding carboxylic acids is 1. The number of thiophene rings is 1. The van der Waals surface area contributed by atoms with Crippen molar-refractivity contribution in [1.29, 1.82) is 0 Å². The molecule has 3 rings (SSSR count). The minimum Gasteiger partial charge on any atom is -0.333 e. The molecule has 0 saturated carbocycles. The van der Waals surface area contributed by atoms with Crippen molar-refractivity contribution in [3.8, 4) is 0 Å². The first-order valence-corrected chi connectivity index (χ1v) is 9.24. The number of amides is 1. The van der Waals surface area contributed by atoms with E-state index in [-0.39, 0.29) is 18.0 Å². The van der Waals surface area contributed by atoms with E-state index >= 15 is 0 Å². The Labute approximate surface area is 141 Å². The van der Waals surface area contributed by atoms with Gasteiger partial charge in [0.2, 0.25) is 0 Å². The van der Waals surface area contributed by atoms with Gasteiger partial charge in [0.05, 0.1) is 10.6 Å². The third-order valence-electron chi connectivity index (χ3n) is 4.71. The Morgan fingerprint density at radius 3 is 2.78 bits per heavy atom. The lowest BCUT2D eigenvalue weighted by atomic mass is 9.96. The van der Waals surface area contributed by atoms with E-state index in [1.54, 1.807) is 11.3 Å². The third-order valence-corrected chi connectivity index (χ3v) is 5.90. The van der Waals surface area contributed by atoms with Gasteiger partial charge in [0, 0.05) is 31.1 Å². The van der Waals surface area contributed by atoms with E-state index in [9.17, 15) is 4.79 Å². The zero-order valence-electron chi connectivity index (χ0n) is 14.4. The molecule has 1 saturated heterocycles. The second-order valence-electron chi connectivity index (χ2n) is 6.91. The summed E-state index contributed by atoms with van der Waals surface area (Å²) >= 11 is 1.55. The Kier molecular flexibility index (Phi) is 4.47. The van der Waals surface area contributed by atoms with Gasteiger partial charge in [-0.15, -0.1) is 11.3 Å². The van der Waals surface area contributed by atoms with Crippen LogP contribution in [0.5, 0.6) is 0 Å². The van der Waals surface area contributed by atoms with E-state index in [0.29, 0.717) is 5.92 Å². The minimum absolute atomic E-state index is 0.0153. The number of hydrogen-bond donors (Lipinski definition) is 1. The average Bonchev–Trinajstić information content (AvgIpc) is 3.07. The molecule has 2 aromatic rings. The zero-order chi connectivity index (χ0) is 16.7. The van der Waals surface area contributed by atoms with Gasteiger partial charge >= 0.3 is 0 Å². The van der Waals surface area contributed by atoms with Crippen LogP contribution in [0, 0.1) is 0 Å². The van der Waals surface area contributed by atoms with Crippen LogP contribution in [0.25, 0.3) is 10.2 Å². The molecule has 6 heteroatoms. The molecule has 2 atom stereocenters. The number of hydrogen-bond acceptors (Lipinski definition) is 4. The fourth-order valence-corrected chi connectivity index (χ4v) is 4.53. The van der Waals surface area contributed by atoms with Crippen LogP contribution in [0.4, 0.5) is 0 Å². The maximum atomic E-state index is 13.0. The lowest BCUT2D eigenvalue weighted by molar-refractivity contribution is 0.0589. The number of carbonyl (C=O) groups is 1. The molecule has 1 amide bonds. The molecule has 0 spiro atoms. The lowest BCUT2D eigenvalue weighted by Crippen LogP contribution is -2.51. The molecular formula is C17H26N4OS. The molecular weight excluding hydrogens is 308 g/mol. The largest absolute Gasteiger partial charge is 0.333 e. The predicted octanol–water partition coefficient (Wildman–Crippen LogP) is 3.10. The standard InChI is InChI=1S/C17H26N4OS/c1-10(2)15-12-9-14(23-17(12)20(4)19-15)16(22)21-8-6-5-7-13(21)11(3)18/h9-11,13H,5-8,18H2,1-4H3. The lowest BCUT2D eigenvalue weighted by Gasteiger charge is -2.37. The summed E-state index contributed by atoms with van der Waals surface area (Å²) in [6, 6.07) is 2.20. The Morgan fingerprint density at radius 2 is 2.13 bits per heavy atom. The van der Waals surface area contributed by atoms with Crippen LogP contribution in [0.3, 0.4) is 0 Å². The third kappa shape index (κ3) is 2.90. The van der Waals surface area contributed by atoms with Crippen LogP contribution in [-0.2, 0) is 7.05 Å². The van der Waals surface area contributed by atoms with Gasteiger partial charge in [-0.05, 0) is 38.2 Å². The first-order valence-electron chi connectivity index (χ1n) is 8.43. The zero-order valence-corrected chi connectivity index (χ0v) is 15.2. The highest BCUT2D eigenvalue weighted by Gasteiger charge is 2.31. The number of aryl methyl sites for hydroxylation is 1.